The standard InChI is InChI=1S/C30H22F2N10O7S/c1-40-26-14-33-9-8-20(26)28(44)42(30(40)47)18-3-2-16(34-13-18)10-25(29(45)46)36-27(43)21-11-23(32)24(12-22(21)31)37-50(48,49)19-6-4-17(5-7-19)41-15-35-38-39-41/h2-9,11-15,25,37H,10H2,1H3,(H,36,43)(H,45,46)/t25-/m0/s1. The molecule has 6 rings (SSSR count). The van der Waals surface area contributed by atoms with E-state index in [1.54, 1.807) is 0 Å². The number of tetrazole rings is 1. The van der Waals surface area contributed by atoms with Crippen LogP contribution < -0.4 is 21.3 Å². The second kappa shape index (κ2) is 13.1. The van der Waals surface area contributed by atoms with Gasteiger partial charge in [0.2, 0.25) is 0 Å². The van der Waals surface area contributed by atoms with Crippen molar-refractivity contribution in [2.45, 2.75) is 17.4 Å². The number of benzene rings is 2. The summed E-state index contributed by atoms with van der Waals surface area (Å²) in [5.74, 6) is -5.51. The fraction of sp³-hybridized carbons (Fsp3) is 0.100. The molecule has 6 aromatic rings. The van der Waals surface area contributed by atoms with Gasteiger partial charge >= 0.3 is 11.7 Å². The maximum absolute atomic E-state index is 15.0. The summed E-state index contributed by atoms with van der Waals surface area (Å²) >= 11 is 0. The first-order valence-electron chi connectivity index (χ1n) is 14.2. The summed E-state index contributed by atoms with van der Waals surface area (Å²) in [6.45, 7) is 0. The first kappa shape index (κ1) is 33.2. The zero-order valence-corrected chi connectivity index (χ0v) is 26.2. The van der Waals surface area contributed by atoms with Crippen LogP contribution in [0.3, 0.4) is 0 Å². The van der Waals surface area contributed by atoms with Gasteiger partial charge < -0.3 is 10.4 Å². The molecule has 0 aliphatic heterocycles. The predicted molar refractivity (Wildman–Crippen MR) is 169 cm³/mol. The molecule has 2 aromatic carbocycles. The number of rotatable bonds is 10. The van der Waals surface area contributed by atoms with E-state index in [9.17, 15) is 37.1 Å². The van der Waals surface area contributed by atoms with E-state index < -0.39 is 68.5 Å². The lowest BCUT2D eigenvalue weighted by atomic mass is 10.1. The summed E-state index contributed by atoms with van der Waals surface area (Å²) in [5, 5.41) is 22.7. The highest BCUT2D eigenvalue weighted by molar-refractivity contribution is 7.92. The molecule has 0 saturated carbocycles. The molecular weight excluding hydrogens is 682 g/mol. The van der Waals surface area contributed by atoms with Crippen molar-refractivity contribution in [3.8, 4) is 11.4 Å². The predicted octanol–water partition coefficient (Wildman–Crippen LogP) is 0.960. The molecule has 50 heavy (non-hydrogen) atoms. The van der Waals surface area contributed by atoms with Crippen molar-refractivity contribution < 1.29 is 31.9 Å². The Morgan fingerprint density at radius 3 is 2.38 bits per heavy atom. The third-order valence-corrected chi connectivity index (χ3v) is 8.84. The smallest absolute Gasteiger partial charge is 0.335 e. The van der Waals surface area contributed by atoms with Crippen molar-refractivity contribution in [3.63, 3.8) is 0 Å². The minimum atomic E-state index is -4.42. The fourth-order valence-electron chi connectivity index (χ4n) is 4.90. The maximum Gasteiger partial charge on any atom is 0.335 e. The highest BCUT2D eigenvalue weighted by Crippen LogP contribution is 2.24. The van der Waals surface area contributed by atoms with Crippen molar-refractivity contribution in [1.29, 1.82) is 0 Å². The number of anilines is 1. The Labute approximate surface area is 278 Å². The Balaban J connectivity index is 1.17. The van der Waals surface area contributed by atoms with Crippen molar-refractivity contribution in [3.05, 3.63) is 123 Å². The summed E-state index contributed by atoms with van der Waals surface area (Å²) in [6.07, 6.45) is 4.81. The molecule has 4 heterocycles. The number of halogens is 2. The molecule has 254 valence electrons. The maximum atomic E-state index is 15.0. The second-order valence-electron chi connectivity index (χ2n) is 10.6. The normalized spacial score (nSPS) is 12.1. The highest BCUT2D eigenvalue weighted by atomic mass is 32.2. The van der Waals surface area contributed by atoms with Crippen molar-refractivity contribution >= 4 is 38.5 Å². The summed E-state index contributed by atoms with van der Waals surface area (Å²) in [5.41, 5.74) is -2.06. The number of hydrogen-bond acceptors (Lipinski definition) is 11. The minimum Gasteiger partial charge on any atom is -0.480 e. The van der Waals surface area contributed by atoms with Crippen LogP contribution in [0.1, 0.15) is 16.1 Å². The molecule has 0 fully saturated rings. The van der Waals surface area contributed by atoms with Gasteiger partial charge in [0.05, 0.1) is 50.8 Å². The van der Waals surface area contributed by atoms with Crippen LogP contribution >= 0.6 is 0 Å². The number of nitrogens with zero attached hydrogens (tertiary/aromatic N) is 8. The zero-order chi connectivity index (χ0) is 35.7. The van der Waals surface area contributed by atoms with Crippen LogP contribution in [0.2, 0.25) is 0 Å². The zero-order valence-electron chi connectivity index (χ0n) is 25.4. The summed E-state index contributed by atoms with van der Waals surface area (Å²) in [4.78, 5) is 58.6. The van der Waals surface area contributed by atoms with Crippen molar-refractivity contribution in [2.75, 3.05) is 4.72 Å². The molecule has 1 atom stereocenters. The first-order chi connectivity index (χ1) is 23.8. The van der Waals surface area contributed by atoms with Crippen LogP contribution in [0.15, 0.2) is 94.0 Å². The Bertz CT molecular complexity index is 2510. The monoisotopic (exact) mass is 704 g/mol. The van der Waals surface area contributed by atoms with Crippen molar-refractivity contribution in [1.82, 2.24) is 44.6 Å². The summed E-state index contributed by atoms with van der Waals surface area (Å²) in [7, 11) is -2.95. The molecule has 4 aromatic heterocycles. The van der Waals surface area contributed by atoms with Crippen LogP contribution in [0.25, 0.3) is 22.3 Å². The van der Waals surface area contributed by atoms with Crippen LogP contribution in [0.5, 0.6) is 0 Å². The first-order valence-corrected chi connectivity index (χ1v) is 15.7. The summed E-state index contributed by atoms with van der Waals surface area (Å²) < 4.78 is 61.0. The number of fused-ring (bicyclic) bond motifs is 1. The number of aliphatic carboxylic acids is 1. The van der Waals surface area contributed by atoms with Crippen LogP contribution in [0, 0.1) is 11.6 Å². The van der Waals surface area contributed by atoms with E-state index in [0.29, 0.717) is 23.3 Å². The van der Waals surface area contributed by atoms with Crippen LogP contribution in [0.4, 0.5) is 14.5 Å². The van der Waals surface area contributed by atoms with E-state index in [-0.39, 0.29) is 21.7 Å². The minimum absolute atomic E-state index is 0.0866. The van der Waals surface area contributed by atoms with E-state index in [2.05, 4.69) is 30.8 Å². The van der Waals surface area contributed by atoms with Gasteiger partial charge in [0.25, 0.3) is 21.5 Å². The molecule has 0 aliphatic carbocycles. The summed E-state index contributed by atoms with van der Waals surface area (Å²) in [6, 6.07) is 8.47. The second-order valence-corrected chi connectivity index (χ2v) is 12.3. The molecule has 1 amide bonds. The largest absolute Gasteiger partial charge is 0.480 e. The lowest BCUT2D eigenvalue weighted by Gasteiger charge is -2.16. The van der Waals surface area contributed by atoms with Gasteiger partial charge in [-0.3, -0.25) is 28.8 Å². The third kappa shape index (κ3) is 6.41. The average molecular weight is 705 g/mol. The Hall–Kier alpha value is -6.70. The van der Waals surface area contributed by atoms with Gasteiger partial charge in [-0.25, -0.2) is 36.0 Å². The third-order valence-electron chi connectivity index (χ3n) is 7.46. The average Bonchev–Trinajstić information content (AvgIpc) is 3.64. The quantitative estimate of drug-likeness (QED) is 0.181. The number of carbonyl (C=O) groups excluding carboxylic acids is 1. The number of carboxylic acids is 1. The van der Waals surface area contributed by atoms with Gasteiger partial charge in [0, 0.05) is 31.4 Å². The van der Waals surface area contributed by atoms with Gasteiger partial charge in [0.15, 0.2) is 0 Å². The fourth-order valence-corrected chi connectivity index (χ4v) is 5.96. The molecule has 0 spiro atoms. The molecule has 20 heteroatoms. The molecule has 0 radical (unpaired) electrons. The Morgan fingerprint density at radius 1 is 0.980 bits per heavy atom. The van der Waals surface area contributed by atoms with Gasteiger partial charge in [-0.05, 0) is 59.0 Å². The number of aryl methyl sites for hydroxylation is 1. The highest BCUT2D eigenvalue weighted by Gasteiger charge is 2.26. The number of amides is 1. The van der Waals surface area contributed by atoms with E-state index in [4.69, 9.17) is 0 Å². The molecular formula is C30H22F2N10O7S. The molecule has 0 unspecified atom stereocenters. The van der Waals surface area contributed by atoms with E-state index in [1.807, 2.05) is 4.72 Å². The van der Waals surface area contributed by atoms with E-state index in [1.165, 1.54) is 83.7 Å². The number of hydrogen-bond donors (Lipinski definition) is 3. The number of carboxylic acid groups (broad SMARTS) is 1. The molecule has 0 bridgehead atoms. The molecule has 17 nitrogen and oxygen atoms in total. The number of aromatic nitrogens is 8. The number of sulfonamides is 1. The van der Waals surface area contributed by atoms with Gasteiger partial charge in [-0.1, -0.05) is 0 Å². The number of pyridine rings is 2. The van der Waals surface area contributed by atoms with E-state index >= 15 is 4.39 Å². The lowest BCUT2D eigenvalue weighted by molar-refractivity contribution is -0.139. The van der Waals surface area contributed by atoms with Gasteiger partial charge in [-0.2, -0.15) is 0 Å². The molecule has 3 N–H and O–H groups in total. The number of carbonyl (C=O) groups is 2. The number of nitrogens with one attached hydrogen (secondary N) is 2. The Kier molecular flexibility index (Phi) is 8.68. The van der Waals surface area contributed by atoms with Crippen LogP contribution in [-0.2, 0) is 28.3 Å². The SMILES string of the molecule is Cn1c(=O)n(-c2ccc(C[C@H](NC(=O)c3cc(F)c(NS(=O)(=O)c4ccc(-n5cnnn5)cc4)cc3F)C(=O)O)nc2)c(=O)c2ccncc21. The molecule has 0 aliphatic rings. The van der Waals surface area contributed by atoms with Crippen LogP contribution in [-0.4, -0.2) is 70.8 Å². The Morgan fingerprint density at radius 2 is 1.72 bits per heavy atom. The lowest BCUT2D eigenvalue weighted by Crippen LogP contribution is -2.42. The van der Waals surface area contributed by atoms with E-state index in [0.717, 1.165) is 4.57 Å². The van der Waals surface area contributed by atoms with Crippen molar-refractivity contribution in [2.24, 2.45) is 7.05 Å². The van der Waals surface area contributed by atoms with Gasteiger partial charge in [0.1, 0.15) is 24.0 Å². The topological polar surface area (TPSA) is 226 Å². The molecule has 0 saturated heterocycles. The van der Waals surface area contributed by atoms with Gasteiger partial charge in [-0.15, -0.1) is 5.10 Å².